The second-order valence-corrected chi connectivity index (χ2v) is 14.8. The van der Waals surface area contributed by atoms with Crippen molar-refractivity contribution in [2.45, 2.75) is 32.1 Å². The topological polar surface area (TPSA) is 8.17 Å². The predicted octanol–water partition coefficient (Wildman–Crippen LogP) is 14.7. The number of benzene rings is 8. The van der Waals surface area contributed by atoms with E-state index < -0.39 is 0 Å². The molecule has 0 atom stereocenters. The summed E-state index contributed by atoms with van der Waals surface area (Å²) in [5.74, 6) is 0. The molecule has 0 amide bonds. The lowest BCUT2D eigenvalue weighted by Gasteiger charge is -2.32. The first kappa shape index (κ1) is 33.0. The Kier molecular flexibility index (Phi) is 7.99. The quantitative estimate of drug-likeness (QED) is 0.153. The number of aromatic nitrogens is 1. The molecule has 8 aromatic carbocycles. The van der Waals surface area contributed by atoms with Crippen molar-refractivity contribution in [3.8, 4) is 39.1 Å². The zero-order valence-corrected chi connectivity index (χ0v) is 31.3. The van der Waals surface area contributed by atoms with E-state index in [2.05, 4.69) is 217 Å². The van der Waals surface area contributed by atoms with E-state index in [4.69, 9.17) is 0 Å². The monoisotopic (exact) mass is 706 g/mol. The van der Waals surface area contributed by atoms with E-state index in [1.54, 1.807) is 0 Å². The van der Waals surface area contributed by atoms with Crippen LogP contribution in [0.25, 0.3) is 60.9 Å². The van der Waals surface area contributed by atoms with Gasteiger partial charge in [0.15, 0.2) is 0 Å². The van der Waals surface area contributed by atoms with Gasteiger partial charge in [-0.3, -0.25) is 0 Å². The molecule has 0 fully saturated rings. The Bertz CT molecular complexity index is 2820. The molecule has 0 spiro atoms. The van der Waals surface area contributed by atoms with Crippen molar-refractivity contribution in [2.75, 3.05) is 4.90 Å². The van der Waals surface area contributed by atoms with Crippen molar-refractivity contribution in [3.05, 3.63) is 205 Å². The predicted molar refractivity (Wildman–Crippen MR) is 233 cm³/mol. The average molecular weight is 707 g/mol. The molecule has 55 heavy (non-hydrogen) atoms. The van der Waals surface area contributed by atoms with Crippen LogP contribution in [0.4, 0.5) is 17.1 Å². The first-order chi connectivity index (χ1) is 27.2. The summed E-state index contributed by atoms with van der Waals surface area (Å²) >= 11 is 0. The molecular weight excluding hydrogens is 665 g/mol. The Morgan fingerprint density at radius 1 is 0.418 bits per heavy atom. The van der Waals surface area contributed by atoms with Gasteiger partial charge in [-0.25, -0.2) is 0 Å². The summed E-state index contributed by atoms with van der Waals surface area (Å²) in [6.45, 7) is 4.70. The molecule has 2 heteroatoms. The fourth-order valence-corrected chi connectivity index (χ4v) is 9.38. The third-order valence-electron chi connectivity index (χ3n) is 12.1. The maximum absolute atomic E-state index is 2.48. The van der Waals surface area contributed by atoms with E-state index >= 15 is 0 Å². The highest BCUT2D eigenvalue weighted by atomic mass is 15.1. The second-order valence-electron chi connectivity index (χ2n) is 14.8. The number of fused-ring (bicyclic) bond motifs is 6. The van der Waals surface area contributed by atoms with Crippen LogP contribution in [0.5, 0.6) is 0 Å². The summed E-state index contributed by atoms with van der Waals surface area (Å²) in [5.41, 5.74) is 17.4. The molecule has 0 saturated carbocycles. The Labute approximate surface area is 323 Å². The van der Waals surface area contributed by atoms with Crippen molar-refractivity contribution < 1.29 is 0 Å². The minimum atomic E-state index is -0.0207. The van der Waals surface area contributed by atoms with Gasteiger partial charge in [-0.05, 0) is 106 Å². The minimum absolute atomic E-state index is 0.0207. The normalized spacial score (nSPS) is 12.8. The van der Waals surface area contributed by atoms with Crippen molar-refractivity contribution >= 4 is 38.9 Å². The number of anilines is 3. The molecule has 0 N–H and O–H groups in total. The third kappa shape index (κ3) is 5.24. The highest BCUT2D eigenvalue weighted by molar-refractivity contribution is 6.14. The maximum atomic E-state index is 2.48. The largest absolute Gasteiger partial charge is 0.310 e. The van der Waals surface area contributed by atoms with E-state index in [1.807, 2.05) is 0 Å². The van der Waals surface area contributed by atoms with E-state index in [0.29, 0.717) is 0 Å². The standard InChI is InChI=1S/C53H42N2/c1-3-53(4-2)49-27-13-11-23-45(49)46-34-33-43(36-50(46)53)54(41-31-29-38(30-32-41)37-17-7-5-8-18-37)42-22-15-19-39(35-42)44-25-16-26-48-47-24-12-14-28-51(47)55(52(44)48)40-20-9-6-10-21-40/h5-36H,3-4H2,1-2H3. The molecule has 0 saturated heterocycles. The zero-order chi connectivity index (χ0) is 36.9. The lowest BCUT2D eigenvalue weighted by atomic mass is 9.74. The van der Waals surface area contributed by atoms with Crippen molar-refractivity contribution in [1.29, 1.82) is 0 Å². The van der Waals surface area contributed by atoms with Crippen molar-refractivity contribution in [1.82, 2.24) is 4.57 Å². The van der Waals surface area contributed by atoms with Gasteiger partial charge in [0.05, 0.1) is 11.0 Å². The number of nitrogens with zero attached hydrogens (tertiary/aromatic N) is 2. The molecule has 10 rings (SSSR count). The van der Waals surface area contributed by atoms with Crippen LogP contribution in [0.1, 0.15) is 37.8 Å². The third-order valence-corrected chi connectivity index (χ3v) is 12.1. The Hall–Kier alpha value is -6.64. The van der Waals surface area contributed by atoms with Crippen LogP contribution >= 0.6 is 0 Å². The van der Waals surface area contributed by atoms with Gasteiger partial charge in [0.1, 0.15) is 0 Å². The molecule has 1 aliphatic carbocycles. The molecule has 264 valence electrons. The van der Waals surface area contributed by atoms with Crippen LogP contribution in [0.15, 0.2) is 194 Å². The fraction of sp³-hybridized carbons (Fsp3) is 0.0943. The van der Waals surface area contributed by atoms with Crippen LogP contribution in [0.3, 0.4) is 0 Å². The summed E-state index contributed by atoms with van der Waals surface area (Å²) in [7, 11) is 0. The maximum Gasteiger partial charge on any atom is 0.0619 e. The summed E-state index contributed by atoms with van der Waals surface area (Å²) in [5, 5.41) is 2.51. The van der Waals surface area contributed by atoms with Gasteiger partial charge in [-0.15, -0.1) is 0 Å². The van der Waals surface area contributed by atoms with Gasteiger partial charge in [0.25, 0.3) is 0 Å². The Morgan fingerprint density at radius 2 is 1.00 bits per heavy atom. The number of rotatable bonds is 8. The van der Waals surface area contributed by atoms with Crippen LogP contribution in [-0.4, -0.2) is 4.57 Å². The number of hydrogen-bond acceptors (Lipinski definition) is 1. The lowest BCUT2D eigenvalue weighted by molar-refractivity contribution is 0.490. The molecule has 0 radical (unpaired) electrons. The number of hydrogen-bond donors (Lipinski definition) is 0. The first-order valence-electron chi connectivity index (χ1n) is 19.6. The van der Waals surface area contributed by atoms with Gasteiger partial charge >= 0.3 is 0 Å². The van der Waals surface area contributed by atoms with E-state index in [1.165, 1.54) is 72.0 Å². The summed E-state index contributed by atoms with van der Waals surface area (Å²) in [6.07, 6.45) is 2.11. The molecule has 0 bridgehead atoms. The second kappa shape index (κ2) is 13.3. The molecule has 2 nitrogen and oxygen atoms in total. The van der Waals surface area contributed by atoms with Crippen molar-refractivity contribution in [2.24, 2.45) is 0 Å². The number of para-hydroxylation sites is 3. The average Bonchev–Trinajstić information content (AvgIpc) is 3.75. The molecule has 9 aromatic rings. The molecule has 1 heterocycles. The molecular formula is C53H42N2. The van der Waals surface area contributed by atoms with Crippen LogP contribution < -0.4 is 4.90 Å². The Morgan fingerprint density at radius 3 is 1.80 bits per heavy atom. The molecule has 1 aliphatic rings. The fourth-order valence-electron chi connectivity index (χ4n) is 9.38. The minimum Gasteiger partial charge on any atom is -0.310 e. The van der Waals surface area contributed by atoms with Gasteiger partial charge in [-0.2, -0.15) is 0 Å². The van der Waals surface area contributed by atoms with E-state index in [9.17, 15) is 0 Å². The first-order valence-corrected chi connectivity index (χ1v) is 19.6. The van der Waals surface area contributed by atoms with Crippen LogP contribution in [-0.2, 0) is 5.41 Å². The van der Waals surface area contributed by atoms with Crippen LogP contribution in [0, 0.1) is 0 Å². The molecule has 0 unspecified atom stereocenters. The van der Waals surface area contributed by atoms with E-state index in [0.717, 1.165) is 29.9 Å². The highest BCUT2D eigenvalue weighted by Gasteiger charge is 2.40. The SMILES string of the molecule is CCC1(CC)c2ccccc2-c2ccc(N(c3ccc(-c4ccccc4)cc3)c3cccc(-c4cccc5c6ccccc6n(-c6ccccc6)c45)c3)cc21. The Balaban J connectivity index is 1.17. The van der Waals surface area contributed by atoms with Crippen LogP contribution in [0.2, 0.25) is 0 Å². The van der Waals surface area contributed by atoms with Gasteiger partial charge < -0.3 is 9.47 Å². The summed E-state index contributed by atoms with van der Waals surface area (Å²) in [6, 6.07) is 71.3. The van der Waals surface area contributed by atoms with Gasteiger partial charge in [-0.1, -0.05) is 153 Å². The van der Waals surface area contributed by atoms with Gasteiger partial charge in [0.2, 0.25) is 0 Å². The smallest absolute Gasteiger partial charge is 0.0619 e. The molecule has 1 aromatic heterocycles. The van der Waals surface area contributed by atoms with Gasteiger partial charge in [0, 0.05) is 44.5 Å². The summed E-state index contributed by atoms with van der Waals surface area (Å²) in [4.78, 5) is 2.45. The lowest BCUT2D eigenvalue weighted by Crippen LogP contribution is -2.23. The summed E-state index contributed by atoms with van der Waals surface area (Å²) < 4.78 is 2.43. The highest BCUT2D eigenvalue weighted by Crippen LogP contribution is 2.54. The molecule has 0 aliphatic heterocycles. The van der Waals surface area contributed by atoms with E-state index in [-0.39, 0.29) is 5.41 Å². The van der Waals surface area contributed by atoms with Crippen molar-refractivity contribution in [3.63, 3.8) is 0 Å². The zero-order valence-electron chi connectivity index (χ0n) is 31.3.